The fourth-order valence-electron chi connectivity index (χ4n) is 3.32. The lowest BCUT2D eigenvalue weighted by Gasteiger charge is -2.36. The van der Waals surface area contributed by atoms with Crippen molar-refractivity contribution in [2.24, 2.45) is 0 Å². The molecule has 148 valence electrons. The summed E-state index contributed by atoms with van der Waals surface area (Å²) in [5.74, 6) is 0.394. The number of hydrogen-bond donors (Lipinski definition) is 1. The van der Waals surface area contributed by atoms with Crippen LogP contribution >= 0.6 is 0 Å². The van der Waals surface area contributed by atoms with Gasteiger partial charge in [0.1, 0.15) is 12.4 Å². The topological polar surface area (TPSA) is 83.4 Å². The Morgan fingerprint density at radius 1 is 0.897 bits per heavy atom. The minimum absolute atomic E-state index is 0.140. The van der Waals surface area contributed by atoms with Crippen molar-refractivity contribution in [3.8, 4) is 0 Å². The number of amides is 1. The largest absolute Gasteiger partial charge is 0.368 e. The summed E-state index contributed by atoms with van der Waals surface area (Å²) in [5, 5.41) is 7.16. The van der Waals surface area contributed by atoms with Crippen molar-refractivity contribution in [2.45, 2.75) is 6.54 Å². The first-order valence-electron chi connectivity index (χ1n) is 9.52. The van der Waals surface area contributed by atoms with Crippen LogP contribution in [0.3, 0.4) is 0 Å². The number of carbonyl (C=O) groups excluding carboxylic acids is 1. The SMILES string of the molecule is O=C(Cn1nc(N2CCN(c3ccccc3)CC2)ccc1=O)Nc1ccncc1. The smallest absolute Gasteiger partial charge is 0.267 e. The first-order valence-corrected chi connectivity index (χ1v) is 9.52. The van der Waals surface area contributed by atoms with E-state index in [0.29, 0.717) is 11.5 Å². The molecule has 0 unspecified atom stereocenters. The monoisotopic (exact) mass is 390 g/mol. The van der Waals surface area contributed by atoms with Gasteiger partial charge < -0.3 is 15.1 Å². The zero-order chi connectivity index (χ0) is 20.1. The quantitative estimate of drug-likeness (QED) is 0.713. The third-order valence-corrected chi connectivity index (χ3v) is 4.84. The number of nitrogens with zero attached hydrogens (tertiary/aromatic N) is 5. The molecular weight excluding hydrogens is 368 g/mol. The number of hydrogen-bond acceptors (Lipinski definition) is 6. The summed E-state index contributed by atoms with van der Waals surface area (Å²) in [6, 6.07) is 16.9. The van der Waals surface area contributed by atoms with Gasteiger partial charge in [-0.15, -0.1) is 0 Å². The normalized spacial score (nSPS) is 13.9. The second-order valence-electron chi connectivity index (χ2n) is 6.78. The Hall–Kier alpha value is -3.68. The molecule has 1 saturated heterocycles. The van der Waals surface area contributed by atoms with E-state index in [9.17, 15) is 9.59 Å². The summed E-state index contributed by atoms with van der Waals surface area (Å²) in [5.41, 5.74) is 1.53. The van der Waals surface area contributed by atoms with E-state index in [-0.39, 0.29) is 18.0 Å². The molecular formula is C21H22N6O2. The van der Waals surface area contributed by atoms with E-state index < -0.39 is 0 Å². The van der Waals surface area contributed by atoms with Gasteiger partial charge >= 0.3 is 0 Å². The third kappa shape index (κ3) is 4.60. The predicted octanol–water partition coefficient (Wildman–Crippen LogP) is 1.60. The minimum atomic E-state index is -0.308. The number of aromatic nitrogens is 3. The lowest BCUT2D eigenvalue weighted by Crippen LogP contribution is -2.47. The molecule has 8 nitrogen and oxygen atoms in total. The number of pyridine rings is 1. The van der Waals surface area contributed by atoms with E-state index in [1.165, 1.54) is 16.4 Å². The van der Waals surface area contributed by atoms with Crippen molar-refractivity contribution in [1.82, 2.24) is 14.8 Å². The molecule has 0 atom stereocenters. The Morgan fingerprint density at radius 2 is 1.59 bits per heavy atom. The van der Waals surface area contributed by atoms with E-state index in [4.69, 9.17) is 0 Å². The van der Waals surface area contributed by atoms with E-state index in [0.717, 1.165) is 26.2 Å². The summed E-state index contributed by atoms with van der Waals surface area (Å²) in [6.07, 6.45) is 3.19. The highest BCUT2D eigenvalue weighted by atomic mass is 16.2. The first kappa shape index (κ1) is 18.7. The molecule has 1 amide bonds. The molecule has 1 aliphatic heterocycles. The van der Waals surface area contributed by atoms with Gasteiger partial charge in [-0.2, -0.15) is 5.10 Å². The summed E-state index contributed by atoms with van der Waals surface area (Å²) >= 11 is 0. The number of rotatable bonds is 5. The molecule has 4 rings (SSSR count). The molecule has 1 N–H and O–H groups in total. The summed E-state index contributed by atoms with van der Waals surface area (Å²) in [4.78, 5) is 32.8. The van der Waals surface area contributed by atoms with Crippen molar-refractivity contribution in [1.29, 1.82) is 0 Å². The highest BCUT2D eigenvalue weighted by molar-refractivity contribution is 5.90. The van der Waals surface area contributed by atoms with Crippen LogP contribution in [-0.4, -0.2) is 46.9 Å². The molecule has 3 aromatic rings. The Bertz CT molecular complexity index is 1010. The lowest BCUT2D eigenvalue weighted by molar-refractivity contribution is -0.117. The van der Waals surface area contributed by atoms with Gasteiger partial charge in [-0.1, -0.05) is 18.2 Å². The van der Waals surface area contributed by atoms with Crippen LogP contribution in [0, 0.1) is 0 Å². The highest BCUT2D eigenvalue weighted by Gasteiger charge is 2.19. The number of anilines is 3. The molecule has 0 saturated carbocycles. The third-order valence-electron chi connectivity index (χ3n) is 4.84. The van der Waals surface area contributed by atoms with Crippen molar-refractivity contribution < 1.29 is 4.79 Å². The average Bonchev–Trinajstić information content (AvgIpc) is 2.77. The number of benzene rings is 1. The van der Waals surface area contributed by atoms with Crippen LogP contribution in [0.25, 0.3) is 0 Å². The molecule has 0 radical (unpaired) electrons. The van der Waals surface area contributed by atoms with Gasteiger partial charge in [0.2, 0.25) is 5.91 Å². The molecule has 0 aliphatic carbocycles. The zero-order valence-corrected chi connectivity index (χ0v) is 15.9. The molecule has 3 heterocycles. The van der Waals surface area contributed by atoms with Gasteiger partial charge in [-0.25, -0.2) is 4.68 Å². The van der Waals surface area contributed by atoms with Gasteiger partial charge in [-0.3, -0.25) is 14.6 Å². The second-order valence-corrected chi connectivity index (χ2v) is 6.78. The Morgan fingerprint density at radius 3 is 2.31 bits per heavy atom. The summed E-state index contributed by atoms with van der Waals surface area (Å²) in [6.45, 7) is 3.19. The van der Waals surface area contributed by atoms with Gasteiger partial charge in [-0.05, 0) is 30.3 Å². The van der Waals surface area contributed by atoms with Gasteiger partial charge in [0, 0.05) is 56.0 Å². The predicted molar refractivity (Wildman–Crippen MR) is 112 cm³/mol. The van der Waals surface area contributed by atoms with Gasteiger partial charge in [0.25, 0.3) is 5.56 Å². The van der Waals surface area contributed by atoms with Crippen molar-refractivity contribution >= 4 is 23.1 Å². The Kier molecular flexibility index (Phi) is 5.51. The number of piperazine rings is 1. The maximum Gasteiger partial charge on any atom is 0.267 e. The highest BCUT2D eigenvalue weighted by Crippen LogP contribution is 2.18. The van der Waals surface area contributed by atoms with Crippen molar-refractivity contribution in [3.05, 3.63) is 77.3 Å². The van der Waals surface area contributed by atoms with Crippen LogP contribution in [-0.2, 0) is 11.3 Å². The first-order chi connectivity index (χ1) is 14.2. The minimum Gasteiger partial charge on any atom is -0.368 e. The molecule has 1 aliphatic rings. The molecule has 1 fully saturated rings. The number of para-hydroxylation sites is 1. The van der Waals surface area contributed by atoms with Gasteiger partial charge in [0.05, 0.1) is 0 Å². The van der Waals surface area contributed by atoms with E-state index in [1.807, 2.05) is 18.2 Å². The fraction of sp³-hybridized carbons (Fsp3) is 0.238. The van der Waals surface area contributed by atoms with Crippen LogP contribution in [0.15, 0.2) is 71.8 Å². The lowest BCUT2D eigenvalue weighted by atomic mass is 10.2. The number of nitrogens with one attached hydrogen (secondary N) is 1. The zero-order valence-electron chi connectivity index (χ0n) is 15.9. The van der Waals surface area contributed by atoms with Crippen molar-refractivity contribution in [3.63, 3.8) is 0 Å². The van der Waals surface area contributed by atoms with E-state index in [2.05, 4.69) is 37.3 Å². The van der Waals surface area contributed by atoms with E-state index >= 15 is 0 Å². The van der Waals surface area contributed by atoms with Crippen molar-refractivity contribution in [2.75, 3.05) is 41.3 Å². The van der Waals surface area contributed by atoms with Gasteiger partial charge in [0.15, 0.2) is 0 Å². The molecule has 29 heavy (non-hydrogen) atoms. The fourth-order valence-corrected chi connectivity index (χ4v) is 3.32. The van der Waals surface area contributed by atoms with Crippen LogP contribution in [0.5, 0.6) is 0 Å². The average molecular weight is 390 g/mol. The van der Waals surface area contributed by atoms with Crippen LogP contribution in [0.2, 0.25) is 0 Å². The molecule has 8 heteroatoms. The maximum absolute atomic E-state index is 12.3. The summed E-state index contributed by atoms with van der Waals surface area (Å²) < 4.78 is 1.20. The summed E-state index contributed by atoms with van der Waals surface area (Å²) in [7, 11) is 0. The molecule has 0 bridgehead atoms. The van der Waals surface area contributed by atoms with E-state index in [1.54, 1.807) is 30.6 Å². The Balaban J connectivity index is 1.41. The van der Waals surface area contributed by atoms with Crippen LogP contribution < -0.4 is 20.7 Å². The van der Waals surface area contributed by atoms with Crippen LogP contribution in [0.1, 0.15) is 0 Å². The second kappa shape index (κ2) is 8.55. The number of carbonyl (C=O) groups is 1. The van der Waals surface area contributed by atoms with Crippen LogP contribution in [0.4, 0.5) is 17.2 Å². The maximum atomic E-state index is 12.3. The standard InChI is InChI=1S/C21H22N6O2/c28-20(23-17-8-10-22-11-9-17)16-27-21(29)7-6-19(24-27)26-14-12-25(13-15-26)18-4-2-1-3-5-18/h1-11H,12-16H2,(H,22,23,28). The molecule has 0 spiro atoms. The molecule has 2 aromatic heterocycles. The Labute approximate surface area is 168 Å². The molecule has 1 aromatic carbocycles.